The van der Waals surface area contributed by atoms with E-state index in [0.29, 0.717) is 25.6 Å². The van der Waals surface area contributed by atoms with Crippen molar-refractivity contribution in [2.45, 2.75) is 13.0 Å². The van der Waals surface area contributed by atoms with Gasteiger partial charge in [0.15, 0.2) is 0 Å². The summed E-state index contributed by atoms with van der Waals surface area (Å²) in [5, 5.41) is 9.45. The van der Waals surface area contributed by atoms with Gasteiger partial charge in [-0.15, -0.1) is 11.8 Å². The first-order valence-corrected chi connectivity index (χ1v) is 6.34. The van der Waals surface area contributed by atoms with Gasteiger partial charge >= 0.3 is 5.97 Å². The maximum Gasteiger partial charge on any atom is 0.315 e. The first kappa shape index (κ1) is 15.7. The van der Waals surface area contributed by atoms with E-state index in [1.807, 2.05) is 0 Å². The van der Waals surface area contributed by atoms with Gasteiger partial charge in [-0.2, -0.15) is 0 Å². The van der Waals surface area contributed by atoms with Crippen molar-refractivity contribution in [2.24, 2.45) is 0 Å². The molecule has 1 N–H and O–H groups in total. The summed E-state index contributed by atoms with van der Waals surface area (Å²) in [5.74, 6) is 0.481. The van der Waals surface area contributed by atoms with E-state index in [9.17, 15) is 9.90 Å². The molecule has 5 nitrogen and oxygen atoms in total. The average Bonchev–Trinajstić information content (AvgIpc) is 2.25. The lowest BCUT2D eigenvalue weighted by molar-refractivity contribution is -0.139. The second-order valence-corrected chi connectivity index (χ2v) is 4.07. The van der Waals surface area contributed by atoms with E-state index in [4.69, 9.17) is 14.2 Å². The maximum absolute atomic E-state index is 11.0. The van der Waals surface area contributed by atoms with Crippen LogP contribution in [0.3, 0.4) is 0 Å². The molecule has 0 heterocycles. The van der Waals surface area contributed by atoms with E-state index in [1.54, 1.807) is 14.0 Å². The van der Waals surface area contributed by atoms with E-state index < -0.39 is 6.10 Å². The Morgan fingerprint density at radius 2 is 2.19 bits per heavy atom. The summed E-state index contributed by atoms with van der Waals surface area (Å²) in [6.45, 7) is 3.40. The number of thioether (sulfide) groups is 1. The minimum Gasteiger partial charge on any atom is -0.465 e. The molecule has 0 aromatic heterocycles. The van der Waals surface area contributed by atoms with Crippen LogP contribution in [0.4, 0.5) is 0 Å². The zero-order chi connectivity index (χ0) is 12.2. The van der Waals surface area contributed by atoms with Crippen LogP contribution in [-0.2, 0) is 19.0 Å². The molecule has 0 aromatic rings. The summed E-state index contributed by atoms with van der Waals surface area (Å²) in [7, 11) is 1.59. The van der Waals surface area contributed by atoms with Gasteiger partial charge in [0.1, 0.15) is 0 Å². The van der Waals surface area contributed by atoms with Crippen LogP contribution in [0.2, 0.25) is 0 Å². The number of hydrogen-bond donors (Lipinski definition) is 1. The number of carbonyl (C=O) groups is 1. The fourth-order valence-electron chi connectivity index (χ4n) is 0.891. The number of ether oxygens (including phenoxy) is 3. The van der Waals surface area contributed by atoms with Crippen LogP contribution < -0.4 is 0 Å². The minimum atomic E-state index is -0.559. The SMILES string of the molecule is CCOC(=O)CSCC(O)COCCOC. The third-order valence-corrected chi connectivity index (χ3v) is 2.64. The van der Waals surface area contributed by atoms with E-state index in [2.05, 4.69) is 0 Å². The van der Waals surface area contributed by atoms with Crippen molar-refractivity contribution in [3.8, 4) is 0 Å². The monoisotopic (exact) mass is 252 g/mol. The second kappa shape index (κ2) is 11.2. The lowest BCUT2D eigenvalue weighted by atomic mass is 10.4. The molecule has 6 heteroatoms. The van der Waals surface area contributed by atoms with Crippen LogP contribution in [0.15, 0.2) is 0 Å². The zero-order valence-corrected chi connectivity index (χ0v) is 10.6. The Morgan fingerprint density at radius 3 is 2.81 bits per heavy atom. The Morgan fingerprint density at radius 1 is 1.44 bits per heavy atom. The molecule has 0 fully saturated rings. The lowest BCUT2D eigenvalue weighted by Crippen LogP contribution is -2.20. The zero-order valence-electron chi connectivity index (χ0n) is 9.81. The number of aliphatic hydroxyl groups is 1. The highest BCUT2D eigenvalue weighted by molar-refractivity contribution is 7.99. The van der Waals surface area contributed by atoms with Crippen LogP contribution >= 0.6 is 11.8 Å². The van der Waals surface area contributed by atoms with E-state index in [0.717, 1.165) is 0 Å². The molecular formula is C10H20O5S. The van der Waals surface area contributed by atoms with Crippen molar-refractivity contribution in [3.05, 3.63) is 0 Å². The predicted octanol–water partition coefficient (Wildman–Crippen LogP) is 0.307. The first-order valence-electron chi connectivity index (χ1n) is 5.18. The van der Waals surface area contributed by atoms with Crippen molar-refractivity contribution in [2.75, 3.05) is 45.0 Å². The molecule has 1 atom stereocenters. The highest BCUT2D eigenvalue weighted by Gasteiger charge is 2.07. The maximum atomic E-state index is 11.0. The van der Waals surface area contributed by atoms with Gasteiger partial charge in [0.05, 0.1) is 38.3 Å². The van der Waals surface area contributed by atoms with Crippen molar-refractivity contribution in [1.82, 2.24) is 0 Å². The number of aliphatic hydroxyl groups excluding tert-OH is 1. The Hall–Kier alpha value is -0.300. The van der Waals surface area contributed by atoms with Crippen molar-refractivity contribution < 1.29 is 24.1 Å². The molecule has 0 aliphatic rings. The highest BCUT2D eigenvalue weighted by atomic mass is 32.2. The van der Waals surface area contributed by atoms with Gasteiger partial charge in [-0.1, -0.05) is 0 Å². The largest absolute Gasteiger partial charge is 0.465 e. The van der Waals surface area contributed by atoms with Gasteiger partial charge in [-0.25, -0.2) is 0 Å². The third kappa shape index (κ3) is 10.2. The smallest absolute Gasteiger partial charge is 0.315 e. The van der Waals surface area contributed by atoms with Crippen LogP contribution in [-0.4, -0.2) is 62.2 Å². The van der Waals surface area contributed by atoms with Crippen LogP contribution in [0.25, 0.3) is 0 Å². The number of hydrogen-bond acceptors (Lipinski definition) is 6. The molecule has 0 saturated heterocycles. The summed E-state index contributed by atoms with van der Waals surface area (Å²) in [5.41, 5.74) is 0. The molecule has 1 unspecified atom stereocenters. The van der Waals surface area contributed by atoms with E-state index in [-0.39, 0.29) is 18.3 Å². The number of carbonyl (C=O) groups excluding carboxylic acids is 1. The van der Waals surface area contributed by atoms with E-state index >= 15 is 0 Å². The molecule has 0 bridgehead atoms. The Kier molecular flexibility index (Phi) is 11.0. The molecule has 0 radical (unpaired) electrons. The molecule has 0 saturated carbocycles. The summed E-state index contributed by atoms with van der Waals surface area (Å²) in [6.07, 6.45) is -0.559. The standard InChI is InChI=1S/C10H20O5S/c1-3-15-10(12)8-16-7-9(11)6-14-5-4-13-2/h9,11H,3-8H2,1-2H3. The second-order valence-electron chi connectivity index (χ2n) is 3.04. The molecule has 16 heavy (non-hydrogen) atoms. The summed E-state index contributed by atoms with van der Waals surface area (Å²) in [6, 6.07) is 0. The van der Waals surface area contributed by atoms with Crippen LogP contribution in [0, 0.1) is 0 Å². The van der Waals surface area contributed by atoms with E-state index in [1.165, 1.54) is 11.8 Å². The van der Waals surface area contributed by atoms with Crippen molar-refractivity contribution in [1.29, 1.82) is 0 Å². The Balaban J connectivity index is 3.29. The summed E-state index contributed by atoms with van der Waals surface area (Å²) in [4.78, 5) is 11.0. The molecule has 0 amide bonds. The normalized spacial score (nSPS) is 12.4. The molecule has 0 aliphatic carbocycles. The van der Waals surface area contributed by atoms with Gasteiger partial charge in [0.25, 0.3) is 0 Å². The van der Waals surface area contributed by atoms with Gasteiger partial charge < -0.3 is 19.3 Å². The van der Waals surface area contributed by atoms with Gasteiger partial charge in [-0.3, -0.25) is 4.79 Å². The highest BCUT2D eigenvalue weighted by Crippen LogP contribution is 2.04. The fourth-order valence-corrected chi connectivity index (χ4v) is 1.63. The lowest BCUT2D eigenvalue weighted by Gasteiger charge is -2.10. The number of esters is 1. The fraction of sp³-hybridized carbons (Fsp3) is 0.900. The van der Waals surface area contributed by atoms with Gasteiger partial charge in [0, 0.05) is 12.9 Å². The number of rotatable bonds is 10. The Bertz CT molecular complexity index is 177. The molecule has 0 spiro atoms. The molecule has 0 aromatic carbocycles. The predicted molar refractivity (Wildman–Crippen MR) is 62.7 cm³/mol. The first-order chi connectivity index (χ1) is 7.70. The number of methoxy groups -OCH3 is 1. The minimum absolute atomic E-state index is 0.250. The van der Waals surface area contributed by atoms with Crippen molar-refractivity contribution in [3.63, 3.8) is 0 Å². The quantitative estimate of drug-likeness (QED) is 0.446. The molecule has 96 valence electrons. The summed E-state index contributed by atoms with van der Waals surface area (Å²) < 4.78 is 14.7. The Labute approximate surface area is 100 Å². The van der Waals surface area contributed by atoms with Crippen LogP contribution in [0.1, 0.15) is 6.92 Å². The summed E-state index contributed by atoms with van der Waals surface area (Å²) >= 11 is 1.34. The average molecular weight is 252 g/mol. The van der Waals surface area contributed by atoms with Gasteiger partial charge in [0.2, 0.25) is 0 Å². The third-order valence-electron chi connectivity index (χ3n) is 1.58. The molecule has 0 rings (SSSR count). The topological polar surface area (TPSA) is 65.0 Å². The molecule has 0 aliphatic heterocycles. The van der Waals surface area contributed by atoms with Gasteiger partial charge in [-0.05, 0) is 6.92 Å². The van der Waals surface area contributed by atoms with Crippen molar-refractivity contribution >= 4 is 17.7 Å². The molecular weight excluding hydrogens is 232 g/mol. The van der Waals surface area contributed by atoms with Crippen LogP contribution in [0.5, 0.6) is 0 Å².